The van der Waals surface area contributed by atoms with Crippen molar-refractivity contribution in [2.45, 2.75) is 126 Å². The summed E-state index contributed by atoms with van der Waals surface area (Å²) in [6.45, 7) is 22.0. The van der Waals surface area contributed by atoms with Crippen LogP contribution in [0.2, 0.25) is 0 Å². The quantitative estimate of drug-likeness (QED) is 0.0262. The number of hydrogen-bond acceptors (Lipinski definition) is 22. The van der Waals surface area contributed by atoms with Crippen LogP contribution in [-0.4, -0.2) is 162 Å². The van der Waals surface area contributed by atoms with Gasteiger partial charge in [-0.05, 0) is 184 Å². The molecule has 1 fully saturated rings. The molecular formula is C90H104N12O12. The largest absolute Gasteiger partial charge is 0.486 e. The number of Topliss-reactive ketones (excluding diaryl/α,β-unsaturated/α-hetero) is 1. The molecule has 0 unspecified atom stereocenters. The molecule has 7 heterocycles. The summed E-state index contributed by atoms with van der Waals surface area (Å²) in [7, 11) is 0. The lowest BCUT2D eigenvalue weighted by atomic mass is 9.98. The Bertz CT molecular complexity index is 4920. The van der Waals surface area contributed by atoms with Gasteiger partial charge in [-0.2, -0.15) is 0 Å². The lowest BCUT2D eigenvalue weighted by Crippen LogP contribution is -2.36. The van der Waals surface area contributed by atoms with Gasteiger partial charge in [-0.3, -0.25) is 24.3 Å². The highest BCUT2D eigenvalue weighted by Crippen LogP contribution is 2.38. The molecule has 13 rings (SSSR count). The number of aliphatic imine (C=N–C) groups is 4. The van der Waals surface area contributed by atoms with Crippen LogP contribution < -0.4 is 27.7 Å². The minimum atomic E-state index is -0.377. The maximum Gasteiger partial charge on any atom is 0.338 e. The number of esters is 3. The molecule has 7 aromatic rings. The maximum absolute atomic E-state index is 13.1. The summed E-state index contributed by atoms with van der Waals surface area (Å²) in [4.78, 5) is 102. The van der Waals surface area contributed by atoms with Crippen LogP contribution in [0.5, 0.6) is 5.75 Å². The van der Waals surface area contributed by atoms with Crippen molar-refractivity contribution in [3.8, 4) is 39.1 Å². The third-order valence-corrected chi connectivity index (χ3v) is 19.2. The molecule has 2 amide bonds. The predicted molar refractivity (Wildman–Crippen MR) is 450 cm³/mol. The van der Waals surface area contributed by atoms with Gasteiger partial charge in [-0.15, -0.1) is 0 Å². The summed E-state index contributed by atoms with van der Waals surface area (Å²) in [6, 6.07) is 38.9. The monoisotopic (exact) mass is 1540 g/mol. The first-order valence-corrected chi connectivity index (χ1v) is 39.2. The Morgan fingerprint density at radius 2 is 0.930 bits per heavy atom. The zero-order valence-electron chi connectivity index (χ0n) is 66.3. The van der Waals surface area contributed by atoms with E-state index in [2.05, 4.69) is 69.7 Å². The fraction of sp³-hybridized carbons (Fsp3) is 0.344. The molecule has 1 saturated heterocycles. The predicted octanol–water partition coefficient (Wildman–Crippen LogP) is 14.1. The molecule has 114 heavy (non-hydrogen) atoms. The number of amidine groups is 4. The van der Waals surface area contributed by atoms with Crippen LogP contribution in [0, 0.1) is 0 Å². The van der Waals surface area contributed by atoms with Gasteiger partial charge < -0.3 is 61.5 Å². The topological polar surface area (TPSA) is 345 Å². The summed E-state index contributed by atoms with van der Waals surface area (Å²) in [5.41, 5.74) is 42.4. The average Bonchev–Trinajstić information content (AvgIpc) is 1.60. The number of carbonyl (C=O) groups excluding carboxylic acids is 6. The lowest BCUT2D eigenvalue weighted by molar-refractivity contribution is -0.139. The number of amides is 2. The van der Waals surface area contributed by atoms with Gasteiger partial charge in [0.05, 0.1) is 61.3 Å². The van der Waals surface area contributed by atoms with Gasteiger partial charge in [0.1, 0.15) is 42.3 Å². The molecule has 0 saturated carbocycles. The molecule has 6 aromatic carbocycles. The number of aliphatic hydroxyl groups is 1. The Morgan fingerprint density at radius 3 is 1.40 bits per heavy atom. The Labute approximate surface area is 667 Å². The number of nitrogens with two attached hydrogens (primary N) is 4. The van der Waals surface area contributed by atoms with Gasteiger partial charge >= 0.3 is 17.9 Å². The molecule has 24 nitrogen and oxygen atoms in total. The van der Waals surface area contributed by atoms with Crippen LogP contribution in [0.15, 0.2) is 176 Å². The van der Waals surface area contributed by atoms with Crippen molar-refractivity contribution >= 4 is 106 Å². The molecule has 1 aromatic heterocycles. The zero-order valence-corrected chi connectivity index (χ0v) is 66.3. The Morgan fingerprint density at radius 1 is 0.500 bits per heavy atom. The lowest BCUT2D eigenvalue weighted by Gasteiger charge is -2.26. The number of nitrogens with zero attached hydrogens (tertiary/aromatic N) is 8. The molecule has 0 radical (unpaired) electrons. The highest BCUT2D eigenvalue weighted by molar-refractivity contribution is 6.08. The maximum atomic E-state index is 13.1. The van der Waals surface area contributed by atoms with Crippen molar-refractivity contribution in [1.29, 1.82) is 0 Å². The van der Waals surface area contributed by atoms with Crippen molar-refractivity contribution in [2.24, 2.45) is 42.9 Å². The molecule has 0 spiro atoms. The number of hydrogen-bond donors (Lipinski definition) is 5. The number of fused-ring (bicyclic) bond motifs is 5. The Hall–Kier alpha value is -12.0. The average molecular weight is 1550 g/mol. The van der Waals surface area contributed by atoms with Crippen molar-refractivity contribution in [2.75, 3.05) is 78.8 Å². The molecule has 0 atom stereocenters. The minimum absolute atomic E-state index is 0.0197. The SMILES string of the molecule is CCCN(CCC)C(=O)C1=Cc2ccc(-c3ccc(OCC(C)=O)cc3)cc2N=C(N)C1.CCCN(CCC)C(=O)C1=Cc2ccc(-c3ccc4c(c3)COC4=O)cc2N=C(N)C1.CCOC(=O)C1=Cc2ccc(-c3cncc(CO)c3)cc2N=C(N)C1.CCOC(=O)C1=Cc2ccc(CCCN3CCOCC3)cc2N=C(N)C1. The van der Waals surface area contributed by atoms with Gasteiger partial charge in [0.2, 0.25) is 11.8 Å². The van der Waals surface area contributed by atoms with Crippen LogP contribution in [0.4, 0.5) is 22.7 Å². The second-order valence-corrected chi connectivity index (χ2v) is 28.3. The zero-order chi connectivity index (χ0) is 81.2. The molecule has 6 aliphatic heterocycles. The number of morpholine rings is 1. The second-order valence-electron chi connectivity index (χ2n) is 28.3. The highest BCUT2D eigenvalue weighted by atomic mass is 16.5. The van der Waals surface area contributed by atoms with E-state index in [0.29, 0.717) is 102 Å². The smallest absolute Gasteiger partial charge is 0.338 e. The highest BCUT2D eigenvalue weighted by Gasteiger charge is 2.27. The van der Waals surface area contributed by atoms with Crippen LogP contribution in [0.25, 0.3) is 57.7 Å². The van der Waals surface area contributed by atoms with E-state index < -0.39 is 0 Å². The van der Waals surface area contributed by atoms with Crippen LogP contribution in [-0.2, 0) is 62.6 Å². The number of cyclic esters (lactones) is 1. The van der Waals surface area contributed by atoms with E-state index in [0.717, 1.165) is 181 Å². The summed E-state index contributed by atoms with van der Waals surface area (Å²) >= 11 is 0. The van der Waals surface area contributed by atoms with E-state index in [4.69, 9.17) is 46.6 Å². The van der Waals surface area contributed by atoms with Gasteiger partial charge in [0, 0.05) is 133 Å². The van der Waals surface area contributed by atoms with E-state index in [9.17, 15) is 33.9 Å². The fourth-order valence-electron chi connectivity index (χ4n) is 13.7. The normalized spacial score (nSPS) is 14.6. The van der Waals surface area contributed by atoms with E-state index in [-0.39, 0.29) is 55.1 Å². The molecule has 9 N–H and O–H groups in total. The molecule has 24 heteroatoms. The first-order chi connectivity index (χ1) is 55.2. The molecule has 6 aliphatic rings. The van der Waals surface area contributed by atoms with Crippen molar-refractivity contribution in [3.05, 3.63) is 201 Å². The van der Waals surface area contributed by atoms with Crippen LogP contribution in [0.1, 0.15) is 156 Å². The van der Waals surface area contributed by atoms with Gasteiger partial charge in [-0.25, -0.2) is 34.4 Å². The number of carbonyl (C=O) groups is 6. The third-order valence-electron chi connectivity index (χ3n) is 19.2. The molecule has 596 valence electrons. The van der Waals surface area contributed by atoms with Crippen LogP contribution in [0.3, 0.4) is 0 Å². The number of ketones is 1. The number of pyridine rings is 1. The Balaban J connectivity index is 0.000000162. The van der Waals surface area contributed by atoms with E-state index >= 15 is 0 Å². The van der Waals surface area contributed by atoms with Gasteiger partial charge in [-0.1, -0.05) is 94.4 Å². The van der Waals surface area contributed by atoms with Crippen LogP contribution >= 0.6 is 0 Å². The number of rotatable bonds is 25. The summed E-state index contributed by atoms with van der Waals surface area (Å²) in [5.74, 6) is 1.37. The van der Waals surface area contributed by atoms with E-state index in [1.807, 2.05) is 131 Å². The molecule has 0 bridgehead atoms. The van der Waals surface area contributed by atoms with E-state index in [1.165, 1.54) is 12.5 Å². The number of aromatic nitrogens is 1. The van der Waals surface area contributed by atoms with Gasteiger partial charge in [0.25, 0.3) is 0 Å². The number of aliphatic hydroxyl groups excluding tert-OH is 1. The summed E-state index contributed by atoms with van der Waals surface area (Å²) in [6.07, 6.45) is 17.8. The minimum Gasteiger partial charge on any atom is -0.486 e. The first-order valence-electron chi connectivity index (χ1n) is 39.2. The number of benzene rings is 6. The molecule has 0 aliphatic carbocycles. The third kappa shape index (κ3) is 23.3. The fourth-order valence-corrected chi connectivity index (χ4v) is 13.7. The van der Waals surface area contributed by atoms with Crippen molar-refractivity contribution < 1.29 is 57.6 Å². The standard InChI is InChI=1S/C26H31N3O3.C25H27N3O3.C20H27N3O3.C19H19N3O3/c1-4-12-29(13-5-2)26(31)22-14-21-7-6-20(15-24(21)28-25(27)16-22)19-8-10-23(11-9-19)32-17-18(3)30;1-3-9-28(10-4-2)24(29)19-12-18-6-5-17(13-22(18)27-23(26)14-19)16-7-8-21-20(11-16)15-31-25(21)30;1-2-26-20(24)17-13-16-6-5-15(12-18(16)22-19(21)14-17)4-3-7-23-8-10-25-11-9-23;1-2-25-19(24)15-6-14-4-3-13(7-17(14)22-18(20)8-15)16-5-12(11-23)9-21-10-16/h6-11,14-15H,4-5,12-13,16-17H2,1-3H3,(H2,27,28);5-8,11-13H,3-4,9-10,14-15H2,1-2H3,(H2,26,27);5-6,12-13H,2-4,7-11,14H2,1H3,(H2,21,22);3-7,9-10,23H,2,8,11H2,1H3,(H2,20,22). The first kappa shape index (κ1) is 84.5. The van der Waals surface area contributed by atoms with Gasteiger partial charge in [0.15, 0.2) is 5.78 Å². The Kier molecular flexibility index (Phi) is 30.8. The summed E-state index contributed by atoms with van der Waals surface area (Å²) in [5, 5.41) is 9.27. The molecular weight excluding hydrogens is 1440 g/mol. The second kappa shape index (κ2) is 41.5. The van der Waals surface area contributed by atoms with Crippen molar-refractivity contribution in [1.82, 2.24) is 19.7 Å². The summed E-state index contributed by atoms with van der Waals surface area (Å²) < 4.78 is 26.1. The van der Waals surface area contributed by atoms with E-state index in [1.54, 1.807) is 38.4 Å². The number of aryl methyl sites for hydroxylation is 1. The van der Waals surface area contributed by atoms with Crippen molar-refractivity contribution in [3.63, 3.8) is 0 Å². The number of ether oxygens (including phenoxy) is 5.